The molecule has 1 aliphatic carbocycles. The van der Waals surface area contributed by atoms with Crippen molar-refractivity contribution >= 4 is 16.7 Å². The number of hydrogen-bond acceptors (Lipinski definition) is 2. The molecule has 1 aromatic carbocycles. The van der Waals surface area contributed by atoms with Crippen LogP contribution in [0.5, 0.6) is 0 Å². The van der Waals surface area contributed by atoms with Gasteiger partial charge in [0.05, 0.1) is 17.6 Å². The zero-order chi connectivity index (χ0) is 14.1. The second-order valence-electron chi connectivity index (χ2n) is 6.01. The number of benzene rings is 1. The quantitative estimate of drug-likeness (QED) is 0.852. The molecule has 20 heavy (non-hydrogen) atoms. The Labute approximate surface area is 120 Å². The van der Waals surface area contributed by atoms with Gasteiger partial charge < -0.3 is 0 Å². The Balaban J connectivity index is 1.78. The summed E-state index contributed by atoms with van der Waals surface area (Å²) in [7, 11) is 1.94. The number of hydrogen-bond donors (Lipinski definition) is 0. The minimum Gasteiger partial charge on any atom is -0.299 e. The average Bonchev–Trinajstić information content (AvgIpc) is 3.05. The highest BCUT2D eigenvalue weighted by Crippen LogP contribution is 2.34. The monoisotopic (exact) mass is 270 g/mol. The number of para-hydroxylation sites is 1. The van der Waals surface area contributed by atoms with Gasteiger partial charge in [0.25, 0.3) is 0 Å². The first-order chi connectivity index (χ1) is 9.69. The van der Waals surface area contributed by atoms with Crippen molar-refractivity contribution < 1.29 is 4.79 Å². The van der Waals surface area contributed by atoms with Gasteiger partial charge in [0, 0.05) is 18.4 Å². The van der Waals surface area contributed by atoms with Gasteiger partial charge in [-0.25, -0.2) is 0 Å². The van der Waals surface area contributed by atoms with Crippen molar-refractivity contribution in [3.63, 3.8) is 0 Å². The lowest BCUT2D eigenvalue weighted by atomic mass is 9.96. The van der Waals surface area contributed by atoms with Crippen LogP contribution in [0.25, 0.3) is 10.9 Å². The fourth-order valence-corrected chi connectivity index (χ4v) is 3.47. The molecular weight excluding hydrogens is 248 g/mol. The van der Waals surface area contributed by atoms with Crippen molar-refractivity contribution in [2.45, 2.75) is 39.0 Å². The van der Waals surface area contributed by atoms with Crippen molar-refractivity contribution in [1.29, 1.82) is 0 Å². The first-order valence-corrected chi connectivity index (χ1v) is 7.62. The zero-order valence-corrected chi connectivity index (χ0v) is 12.3. The Morgan fingerprint density at radius 3 is 2.90 bits per heavy atom. The van der Waals surface area contributed by atoms with Crippen molar-refractivity contribution in [3.8, 4) is 0 Å². The number of carbonyl (C=O) groups is 1. The van der Waals surface area contributed by atoms with Crippen LogP contribution >= 0.6 is 0 Å². The van der Waals surface area contributed by atoms with Crippen LogP contribution in [-0.2, 0) is 18.3 Å². The summed E-state index contributed by atoms with van der Waals surface area (Å²) in [5.41, 5.74) is 2.04. The van der Waals surface area contributed by atoms with Crippen LogP contribution in [0.2, 0.25) is 0 Å². The van der Waals surface area contributed by atoms with Gasteiger partial charge in [0.2, 0.25) is 0 Å². The summed E-state index contributed by atoms with van der Waals surface area (Å²) in [5.74, 6) is 1.40. The maximum absolute atomic E-state index is 12.5. The van der Waals surface area contributed by atoms with Crippen LogP contribution in [-0.4, -0.2) is 15.6 Å². The van der Waals surface area contributed by atoms with E-state index >= 15 is 0 Å². The third-order valence-electron chi connectivity index (χ3n) is 4.75. The fourth-order valence-electron chi connectivity index (χ4n) is 3.47. The topological polar surface area (TPSA) is 34.9 Å². The smallest absolute Gasteiger partial charge is 0.142 e. The number of aromatic nitrogens is 2. The first kappa shape index (κ1) is 13.3. The van der Waals surface area contributed by atoms with E-state index < -0.39 is 0 Å². The molecule has 106 valence electrons. The fraction of sp³-hybridized carbons (Fsp3) is 0.529. The van der Waals surface area contributed by atoms with Crippen molar-refractivity contribution in [1.82, 2.24) is 9.78 Å². The van der Waals surface area contributed by atoms with Gasteiger partial charge in [-0.3, -0.25) is 9.48 Å². The van der Waals surface area contributed by atoms with E-state index in [-0.39, 0.29) is 5.92 Å². The van der Waals surface area contributed by atoms with Gasteiger partial charge >= 0.3 is 0 Å². The van der Waals surface area contributed by atoms with Gasteiger partial charge in [0.1, 0.15) is 5.78 Å². The van der Waals surface area contributed by atoms with E-state index in [1.807, 2.05) is 23.9 Å². The summed E-state index contributed by atoms with van der Waals surface area (Å²) in [5, 5.41) is 5.66. The zero-order valence-electron chi connectivity index (χ0n) is 12.3. The van der Waals surface area contributed by atoms with E-state index in [0.717, 1.165) is 35.4 Å². The summed E-state index contributed by atoms with van der Waals surface area (Å²) >= 11 is 0. The van der Waals surface area contributed by atoms with E-state index in [4.69, 9.17) is 0 Å². The number of rotatable bonds is 4. The molecule has 0 radical (unpaired) electrons. The summed E-state index contributed by atoms with van der Waals surface area (Å²) < 4.78 is 1.88. The minimum atomic E-state index is 0.265. The van der Waals surface area contributed by atoms with Gasteiger partial charge in [0.15, 0.2) is 0 Å². The molecule has 0 N–H and O–H groups in total. The SMILES string of the molecule is CCC1CCC(C(=O)Cc2nn(C)c3ccccc23)C1. The van der Waals surface area contributed by atoms with Crippen LogP contribution in [0.1, 0.15) is 38.3 Å². The molecule has 1 aliphatic rings. The highest BCUT2D eigenvalue weighted by molar-refractivity contribution is 5.89. The van der Waals surface area contributed by atoms with E-state index in [9.17, 15) is 4.79 Å². The van der Waals surface area contributed by atoms with Crippen LogP contribution in [0.15, 0.2) is 24.3 Å². The molecule has 1 fully saturated rings. The Morgan fingerprint density at radius 2 is 2.15 bits per heavy atom. The van der Waals surface area contributed by atoms with E-state index in [1.165, 1.54) is 12.8 Å². The normalized spacial score (nSPS) is 22.5. The maximum Gasteiger partial charge on any atom is 0.142 e. The molecule has 1 saturated carbocycles. The Kier molecular flexibility index (Phi) is 3.60. The number of ketones is 1. The van der Waals surface area contributed by atoms with Gasteiger partial charge in [-0.15, -0.1) is 0 Å². The molecular formula is C17H22N2O. The predicted octanol–water partition coefficient (Wildman–Crippen LogP) is 3.51. The molecule has 1 aromatic heterocycles. The second kappa shape index (κ2) is 5.39. The Hall–Kier alpha value is -1.64. The van der Waals surface area contributed by atoms with Crippen molar-refractivity contribution in [2.75, 3.05) is 0 Å². The van der Waals surface area contributed by atoms with Crippen LogP contribution in [0.3, 0.4) is 0 Å². The second-order valence-corrected chi connectivity index (χ2v) is 6.01. The first-order valence-electron chi connectivity index (χ1n) is 7.62. The molecule has 3 heteroatoms. The van der Waals surface area contributed by atoms with Gasteiger partial charge in [-0.2, -0.15) is 5.10 Å². The van der Waals surface area contributed by atoms with E-state index in [1.54, 1.807) is 0 Å². The van der Waals surface area contributed by atoms with Crippen molar-refractivity contribution in [2.24, 2.45) is 18.9 Å². The highest BCUT2D eigenvalue weighted by Gasteiger charge is 2.29. The van der Waals surface area contributed by atoms with Crippen LogP contribution < -0.4 is 0 Å². The Morgan fingerprint density at radius 1 is 1.35 bits per heavy atom. The molecule has 0 aliphatic heterocycles. The van der Waals surface area contributed by atoms with Gasteiger partial charge in [-0.1, -0.05) is 31.5 Å². The molecule has 3 rings (SSSR count). The number of aryl methyl sites for hydroxylation is 1. The number of Topliss-reactive ketones (excluding diaryl/α,β-unsaturated/α-hetero) is 1. The third-order valence-corrected chi connectivity index (χ3v) is 4.75. The van der Waals surface area contributed by atoms with Crippen LogP contribution in [0.4, 0.5) is 0 Å². The average molecular weight is 270 g/mol. The third kappa shape index (κ3) is 2.37. The van der Waals surface area contributed by atoms with Crippen molar-refractivity contribution in [3.05, 3.63) is 30.0 Å². The summed E-state index contributed by atoms with van der Waals surface area (Å²) in [6, 6.07) is 8.15. The predicted molar refractivity (Wildman–Crippen MR) is 80.5 cm³/mol. The number of carbonyl (C=O) groups excluding carboxylic acids is 1. The Bertz CT molecular complexity index is 629. The highest BCUT2D eigenvalue weighted by atomic mass is 16.1. The van der Waals surface area contributed by atoms with Crippen LogP contribution in [0, 0.1) is 11.8 Å². The molecule has 2 atom stereocenters. The molecule has 1 heterocycles. The summed E-state index contributed by atoms with van der Waals surface area (Å²) in [4.78, 5) is 12.5. The molecule has 2 aromatic rings. The number of fused-ring (bicyclic) bond motifs is 1. The van der Waals surface area contributed by atoms with Gasteiger partial charge in [-0.05, 0) is 31.2 Å². The largest absolute Gasteiger partial charge is 0.299 e. The summed E-state index contributed by atoms with van der Waals surface area (Å²) in [6.07, 6.45) is 5.07. The standard InChI is InChI=1S/C17H22N2O/c1-3-12-8-9-13(10-12)17(20)11-15-14-6-4-5-7-16(14)19(2)18-15/h4-7,12-13H,3,8-11H2,1-2H3. The van der Waals surface area contributed by atoms with E-state index in [0.29, 0.717) is 12.2 Å². The maximum atomic E-state index is 12.5. The molecule has 3 nitrogen and oxygen atoms in total. The molecule has 0 saturated heterocycles. The lowest BCUT2D eigenvalue weighted by Gasteiger charge is -2.08. The lowest BCUT2D eigenvalue weighted by molar-refractivity contribution is -0.122. The molecule has 0 spiro atoms. The molecule has 0 bridgehead atoms. The molecule has 0 amide bonds. The summed E-state index contributed by atoms with van der Waals surface area (Å²) in [6.45, 7) is 2.23. The lowest BCUT2D eigenvalue weighted by Crippen LogP contribution is -2.14. The minimum absolute atomic E-state index is 0.265. The van der Waals surface area contributed by atoms with E-state index in [2.05, 4.69) is 24.2 Å². The molecule has 2 unspecified atom stereocenters. The number of nitrogens with zero attached hydrogens (tertiary/aromatic N) is 2.